The average molecular weight is 189 g/mol. The monoisotopic (exact) mass is 189 g/mol. The highest BCUT2D eigenvalue weighted by Crippen LogP contribution is 2.14. The van der Waals surface area contributed by atoms with E-state index in [-0.39, 0.29) is 0 Å². The molecule has 1 aromatic carbocycles. The molecule has 1 aromatic rings. The van der Waals surface area contributed by atoms with E-state index in [1.54, 1.807) is 0 Å². The molecule has 0 saturated heterocycles. The van der Waals surface area contributed by atoms with Crippen LogP contribution in [0.3, 0.4) is 0 Å². The Kier molecular flexibility index (Phi) is 3.75. The second kappa shape index (κ2) is 4.85. The Labute approximate surface area is 86.8 Å². The number of aryl methyl sites for hydroxylation is 1. The van der Waals surface area contributed by atoms with E-state index in [0.29, 0.717) is 6.04 Å². The number of benzene rings is 1. The lowest BCUT2D eigenvalue weighted by Crippen LogP contribution is -2.15. The zero-order chi connectivity index (χ0) is 10.6. The summed E-state index contributed by atoms with van der Waals surface area (Å²) < 4.78 is 0. The molecular formula is C13H19N. The van der Waals surface area contributed by atoms with Gasteiger partial charge in [-0.05, 0) is 31.4 Å². The number of nitrogens with one attached hydrogen (secondary N) is 1. The van der Waals surface area contributed by atoms with Crippen molar-refractivity contribution in [2.24, 2.45) is 0 Å². The maximum absolute atomic E-state index is 3.84. The van der Waals surface area contributed by atoms with Gasteiger partial charge in [0.2, 0.25) is 0 Å². The molecule has 0 saturated carbocycles. The molecule has 0 aromatic heterocycles. The highest BCUT2D eigenvalue weighted by molar-refractivity contribution is 5.25. The first-order chi connectivity index (χ1) is 6.63. The lowest BCUT2D eigenvalue weighted by Gasteiger charge is -2.15. The van der Waals surface area contributed by atoms with Crippen molar-refractivity contribution in [2.75, 3.05) is 0 Å². The van der Waals surface area contributed by atoms with Crippen molar-refractivity contribution in [1.29, 1.82) is 0 Å². The second-order valence-electron chi connectivity index (χ2n) is 3.74. The maximum atomic E-state index is 3.84. The van der Waals surface area contributed by atoms with Crippen LogP contribution in [-0.4, -0.2) is 0 Å². The van der Waals surface area contributed by atoms with Crippen LogP contribution in [0.2, 0.25) is 0 Å². The van der Waals surface area contributed by atoms with Crippen molar-refractivity contribution in [2.45, 2.75) is 33.2 Å². The minimum atomic E-state index is 0.346. The second-order valence-corrected chi connectivity index (χ2v) is 3.74. The van der Waals surface area contributed by atoms with Crippen molar-refractivity contribution in [3.05, 3.63) is 47.7 Å². The molecule has 0 aliphatic carbocycles. The number of hydrogen-bond acceptors (Lipinski definition) is 1. The SMILES string of the molecule is C=C(C)NC(C)c1ccc(CC)cc1. The Morgan fingerprint density at radius 2 is 1.93 bits per heavy atom. The first-order valence-corrected chi connectivity index (χ1v) is 5.14. The summed E-state index contributed by atoms with van der Waals surface area (Å²) in [6.07, 6.45) is 1.10. The average Bonchev–Trinajstić information content (AvgIpc) is 2.17. The molecule has 1 rings (SSSR count). The Morgan fingerprint density at radius 1 is 1.36 bits per heavy atom. The number of allylic oxidation sites excluding steroid dienone is 1. The summed E-state index contributed by atoms with van der Waals surface area (Å²) in [7, 11) is 0. The Balaban J connectivity index is 2.71. The van der Waals surface area contributed by atoms with Gasteiger partial charge in [0.05, 0.1) is 0 Å². The summed E-state index contributed by atoms with van der Waals surface area (Å²) in [5.74, 6) is 0. The molecule has 1 heteroatoms. The van der Waals surface area contributed by atoms with E-state index in [4.69, 9.17) is 0 Å². The Morgan fingerprint density at radius 3 is 2.36 bits per heavy atom. The Hall–Kier alpha value is -1.24. The van der Waals surface area contributed by atoms with Gasteiger partial charge in [0, 0.05) is 11.7 Å². The molecule has 1 unspecified atom stereocenters. The van der Waals surface area contributed by atoms with E-state index in [1.165, 1.54) is 11.1 Å². The molecule has 1 N–H and O–H groups in total. The van der Waals surface area contributed by atoms with Crippen LogP contribution in [-0.2, 0) is 6.42 Å². The van der Waals surface area contributed by atoms with Gasteiger partial charge in [-0.1, -0.05) is 37.8 Å². The van der Waals surface area contributed by atoms with E-state index in [2.05, 4.69) is 50.0 Å². The predicted octanol–water partition coefficient (Wildman–Crippen LogP) is 3.43. The first kappa shape index (κ1) is 10.8. The van der Waals surface area contributed by atoms with Crippen molar-refractivity contribution in [3.8, 4) is 0 Å². The molecule has 0 amide bonds. The molecule has 14 heavy (non-hydrogen) atoms. The van der Waals surface area contributed by atoms with E-state index in [0.717, 1.165) is 12.1 Å². The molecule has 0 spiro atoms. The molecule has 76 valence electrons. The molecule has 0 bridgehead atoms. The lowest BCUT2D eigenvalue weighted by molar-refractivity contribution is 0.655. The zero-order valence-electron chi connectivity index (χ0n) is 9.30. The zero-order valence-corrected chi connectivity index (χ0v) is 9.30. The van der Waals surface area contributed by atoms with Gasteiger partial charge < -0.3 is 5.32 Å². The lowest BCUT2D eigenvalue weighted by atomic mass is 10.0. The fourth-order valence-electron chi connectivity index (χ4n) is 1.49. The third kappa shape index (κ3) is 2.91. The van der Waals surface area contributed by atoms with Gasteiger partial charge in [-0.15, -0.1) is 0 Å². The predicted molar refractivity (Wildman–Crippen MR) is 62.2 cm³/mol. The topological polar surface area (TPSA) is 12.0 Å². The summed E-state index contributed by atoms with van der Waals surface area (Å²) in [6.45, 7) is 10.1. The molecule has 0 heterocycles. The third-order valence-corrected chi connectivity index (χ3v) is 2.35. The standard InChI is InChI=1S/C13H19N/c1-5-12-6-8-13(9-7-12)11(4)14-10(2)3/h6-9,11,14H,2,5H2,1,3-4H3. The fourth-order valence-corrected chi connectivity index (χ4v) is 1.49. The van der Waals surface area contributed by atoms with Crippen LogP contribution >= 0.6 is 0 Å². The van der Waals surface area contributed by atoms with Crippen LogP contribution in [0, 0.1) is 0 Å². The summed E-state index contributed by atoms with van der Waals surface area (Å²) in [4.78, 5) is 0. The number of hydrogen-bond donors (Lipinski definition) is 1. The van der Waals surface area contributed by atoms with Crippen LogP contribution in [0.5, 0.6) is 0 Å². The van der Waals surface area contributed by atoms with Crippen LogP contribution < -0.4 is 5.32 Å². The minimum absolute atomic E-state index is 0.346. The summed E-state index contributed by atoms with van der Waals surface area (Å²) >= 11 is 0. The molecule has 0 radical (unpaired) electrons. The van der Waals surface area contributed by atoms with Gasteiger partial charge in [0.25, 0.3) is 0 Å². The molecular weight excluding hydrogens is 170 g/mol. The van der Waals surface area contributed by atoms with Crippen LogP contribution in [0.15, 0.2) is 36.5 Å². The normalized spacial score (nSPS) is 12.2. The molecule has 0 aliphatic heterocycles. The van der Waals surface area contributed by atoms with Gasteiger partial charge in [0.15, 0.2) is 0 Å². The van der Waals surface area contributed by atoms with Crippen LogP contribution in [0.25, 0.3) is 0 Å². The molecule has 1 nitrogen and oxygen atoms in total. The Bertz CT molecular complexity index is 298. The van der Waals surface area contributed by atoms with E-state index in [9.17, 15) is 0 Å². The molecule has 1 atom stereocenters. The van der Waals surface area contributed by atoms with E-state index in [1.807, 2.05) is 6.92 Å². The van der Waals surface area contributed by atoms with Gasteiger partial charge in [-0.25, -0.2) is 0 Å². The third-order valence-electron chi connectivity index (χ3n) is 2.35. The van der Waals surface area contributed by atoms with Crippen molar-refractivity contribution >= 4 is 0 Å². The maximum Gasteiger partial charge on any atom is 0.0482 e. The number of rotatable bonds is 4. The first-order valence-electron chi connectivity index (χ1n) is 5.14. The minimum Gasteiger partial charge on any atom is -0.383 e. The van der Waals surface area contributed by atoms with Gasteiger partial charge in [-0.3, -0.25) is 0 Å². The van der Waals surface area contributed by atoms with Crippen LogP contribution in [0.1, 0.15) is 37.9 Å². The van der Waals surface area contributed by atoms with Crippen molar-refractivity contribution in [1.82, 2.24) is 5.32 Å². The summed E-state index contributed by atoms with van der Waals surface area (Å²) in [5.41, 5.74) is 3.71. The summed E-state index contributed by atoms with van der Waals surface area (Å²) in [5, 5.41) is 3.30. The largest absolute Gasteiger partial charge is 0.383 e. The van der Waals surface area contributed by atoms with Crippen molar-refractivity contribution in [3.63, 3.8) is 0 Å². The highest BCUT2D eigenvalue weighted by atomic mass is 14.9. The van der Waals surface area contributed by atoms with Gasteiger partial charge in [0.1, 0.15) is 0 Å². The smallest absolute Gasteiger partial charge is 0.0482 e. The van der Waals surface area contributed by atoms with Gasteiger partial charge in [-0.2, -0.15) is 0 Å². The van der Waals surface area contributed by atoms with E-state index >= 15 is 0 Å². The highest BCUT2D eigenvalue weighted by Gasteiger charge is 2.03. The van der Waals surface area contributed by atoms with Crippen LogP contribution in [0.4, 0.5) is 0 Å². The van der Waals surface area contributed by atoms with Crippen molar-refractivity contribution < 1.29 is 0 Å². The van der Waals surface area contributed by atoms with Gasteiger partial charge >= 0.3 is 0 Å². The quantitative estimate of drug-likeness (QED) is 0.765. The molecule has 0 fully saturated rings. The molecule has 0 aliphatic rings. The van der Waals surface area contributed by atoms with E-state index < -0.39 is 0 Å². The fraction of sp³-hybridized carbons (Fsp3) is 0.385. The summed E-state index contributed by atoms with van der Waals surface area (Å²) in [6, 6.07) is 9.08.